The lowest BCUT2D eigenvalue weighted by molar-refractivity contribution is 0.429. The number of hydrogen-bond donors (Lipinski definition) is 0. The van der Waals surface area contributed by atoms with Crippen LogP contribution in [0.1, 0.15) is 61.9 Å². The van der Waals surface area contributed by atoms with E-state index >= 15 is 0 Å². The van der Waals surface area contributed by atoms with Crippen LogP contribution in [0.15, 0.2) is 18.3 Å². The first-order valence-corrected chi connectivity index (χ1v) is 9.86. The fraction of sp³-hybridized carbons (Fsp3) is 0.500. The molecule has 26 heavy (non-hydrogen) atoms. The van der Waals surface area contributed by atoms with Crippen LogP contribution in [0.4, 0.5) is 0 Å². The number of nitrogens with zero attached hydrogens (tertiary/aromatic N) is 4. The number of imidazole rings is 1. The van der Waals surface area contributed by atoms with Gasteiger partial charge in [0.15, 0.2) is 0 Å². The van der Waals surface area contributed by atoms with E-state index < -0.39 is 0 Å². The Morgan fingerprint density at radius 2 is 1.88 bits per heavy atom. The molecule has 0 bridgehead atoms. The summed E-state index contributed by atoms with van der Waals surface area (Å²) in [7, 11) is 0. The Morgan fingerprint density at radius 3 is 2.54 bits per heavy atom. The maximum atomic E-state index is 5.05. The molecule has 0 saturated heterocycles. The predicted molar refractivity (Wildman–Crippen MR) is 106 cm³/mol. The third-order valence-electron chi connectivity index (χ3n) is 5.83. The molecule has 1 aliphatic rings. The van der Waals surface area contributed by atoms with Crippen molar-refractivity contribution in [3.63, 3.8) is 0 Å². The van der Waals surface area contributed by atoms with Gasteiger partial charge >= 0.3 is 0 Å². The highest BCUT2D eigenvalue weighted by atomic mass is 15.1. The van der Waals surface area contributed by atoms with Gasteiger partial charge in [-0.05, 0) is 63.6 Å². The van der Waals surface area contributed by atoms with Crippen LogP contribution in [0.2, 0.25) is 0 Å². The number of aromatic nitrogens is 4. The van der Waals surface area contributed by atoms with E-state index in [9.17, 15) is 0 Å². The normalized spacial score (nSPS) is 15.6. The van der Waals surface area contributed by atoms with Crippen LogP contribution >= 0.6 is 0 Å². The van der Waals surface area contributed by atoms with Crippen LogP contribution in [-0.4, -0.2) is 19.5 Å². The standard InChI is InChI=1S/C22H28N4/c1-6-18(16-8-9-16)26-19-10-11-23-21(22(19)25-20(26)7-2)17-12-13(3)14(4)24-15(17)5/h10-12,16,18H,6-9H2,1-5H3. The molecule has 4 heteroatoms. The minimum absolute atomic E-state index is 0.559. The van der Waals surface area contributed by atoms with Crippen LogP contribution in [-0.2, 0) is 6.42 Å². The van der Waals surface area contributed by atoms with Crippen molar-refractivity contribution >= 4 is 11.0 Å². The van der Waals surface area contributed by atoms with Crippen LogP contribution in [0.3, 0.4) is 0 Å². The first-order valence-electron chi connectivity index (χ1n) is 9.86. The molecule has 1 atom stereocenters. The Balaban J connectivity index is 1.96. The maximum Gasteiger partial charge on any atom is 0.115 e. The Bertz CT molecular complexity index is 966. The molecule has 3 heterocycles. The van der Waals surface area contributed by atoms with Crippen LogP contribution in [0.5, 0.6) is 0 Å². The van der Waals surface area contributed by atoms with E-state index in [0.717, 1.165) is 46.9 Å². The topological polar surface area (TPSA) is 43.6 Å². The van der Waals surface area contributed by atoms with Crippen LogP contribution in [0.25, 0.3) is 22.3 Å². The van der Waals surface area contributed by atoms with Gasteiger partial charge in [-0.3, -0.25) is 9.97 Å². The van der Waals surface area contributed by atoms with Gasteiger partial charge in [-0.25, -0.2) is 4.98 Å². The van der Waals surface area contributed by atoms with Gasteiger partial charge in [0, 0.05) is 35.6 Å². The summed E-state index contributed by atoms with van der Waals surface area (Å²) < 4.78 is 2.50. The summed E-state index contributed by atoms with van der Waals surface area (Å²) in [6, 6.07) is 4.91. The fourth-order valence-electron chi connectivity index (χ4n) is 4.16. The first-order chi connectivity index (χ1) is 12.5. The van der Waals surface area contributed by atoms with Crippen molar-refractivity contribution in [2.24, 2.45) is 5.92 Å². The highest BCUT2D eigenvalue weighted by Gasteiger charge is 2.33. The summed E-state index contributed by atoms with van der Waals surface area (Å²) in [5.41, 5.74) is 7.62. The largest absolute Gasteiger partial charge is 0.324 e. The van der Waals surface area contributed by atoms with Gasteiger partial charge in [0.1, 0.15) is 11.3 Å². The van der Waals surface area contributed by atoms with Crippen molar-refractivity contribution < 1.29 is 0 Å². The number of aryl methyl sites for hydroxylation is 4. The Morgan fingerprint density at radius 1 is 1.12 bits per heavy atom. The summed E-state index contributed by atoms with van der Waals surface area (Å²) in [6.07, 6.45) is 6.73. The number of pyridine rings is 2. The van der Waals surface area contributed by atoms with Gasteiger partial charge in [-0.2, -0.15) is 0 Å². The minimum Gasteiger partial charge on any atom is -0.324 e. The fourth-order valence-corrected chi connectivity index (χ4v) is 4.16. The van der Waals surface area contributed by atoms with E-state index in [0.29, 0.717) is 6.04 Å². The molecule has 4 nitrogen and oxygen atoms in total. The Hall–Kier alpha value is -2.23. The summed E-state index contributed by atoms with van der Waals surface area (Å²) in [5, 5.41) is 0. The molecule has 0 spiro atoms. The zero-order valence-corrected chi connectivity index (χ0v) is 16.5. The van der Waals surface area contributed by atoms with Crippen LogP contribution in [0, 0.1) is 26.7 Å². The van der Waals surface area contributed by atoms with E-state index in [1.165, 1.54) is 29.7 Å². The van der Waals surface area contributed by atoms with Gasteiger partial charge < -0.3 is 4.57 Å². The molecule has 1 fully saturated rings. The molecule has 136 valence electrons. The summed E-state index contributed by atoms with van der Waals surface area (Å²) in [5.74, 6) is 1.99. The number of hydrogen-bond acceptors (Lipinski definition) is 3. The van der Waals surface area contributed by atoms with E-state index in [1.807, 2.05) is 6.20 Å². The summed E-state index contributed by atoms with van der Waals surface area (Å²) in [6.45, 7) is 10.7. The average Bonchev–Trinajstić information content (AvgIpc) is 3.39. The number of fused-ring (bicyclic) bond motifs is 1. The molecule has 0 radical (unpaired) electrons. The highest BCUT2D eigenvalue weighted by Crippen LogP contribution is 2.44. The molecular formula is C22H28N4. The zero-order chi connectivity index (χ0) is 18.4. The Kier molecular flexibility index (Phi) is 4.29. The first kappa shape index (κ1) is 17.2. The molecule has 3 aromatic heterocycles. The maximum absolute atomic E-state index is 5.05. The van der Waals surface area contributed by atoms with Crippen molar-refractivity contribution in [2.75, 3.05) is 0 Å². The smallest absolute Gasteiger partial charge is 0.115 e. The van der Waals surface area contributed by atoms with E-state index in [2.05, 4.69) is 51.3 Å². The zero-order valence-electron chi connectivity index (χ0n) is 16.5. The lowest BCUT2D eigenvalue weighted by Crippen LogP contribution is -2.13. The summed E-state index contributed by atoms with van der Waals surface area (Å²) >= 11 is 0. The third-order valence-corrected chi connectivity index (χ3v) is 5.83. The van der Waals surface area contributed by atoms with E-state index in [-0.39, 0.29) is 0 Å². The van der Waals surface area contributed by atoms with Gasteiger partial charge in [0.05, 0.1) is 11.2 Å². The number of rotatable bonds is 5. The van der Waals surface area contributed by atoms with Gasteiger partial charge in [-0.1, -0.05) is 13.8 Å². The second kappa shape index (κ2) is 6.49. The monoisotopic (exact) mass is 348 g/mol. The van der Waals surface area contributed by atoms with Crippen molar-refractivity contribution in [1.29, 1.82) is 0 Å². The van der Waals surface area contributed by atoms with E-state index in [4.69, 9.17) is 15.0 Å². The SMILES string of the molecule is CCc1nc2c(-c3cc(C)c(C)nc3C)nccc2n1C(CC)C1CC1. The lowest BCUT2D eigenvalue weighted by Gasteiger charge is -2.20. The van der Waals surface area contributed by atoms with E-state index in [1.54, 1.807) is 0 Å². The van der Waals surface area contributed by atoms with Crippen molar-refractivity contribution in [2.45, 2.75) is 66.3 Å². The molecular weight excluding hydrogens is 320 g/mol. The molecule has 0 aromatic carbocycles. The molecule has 3 aromatic rings. The molecule has 1 saturated carbocycles. The van der Waals surface area contributed by atoms with Crippen molar-refractivity contribution in [3.8, 4) is 11.3 Å². The quantitative estimate of drug-likeness (QED) is 0.625. The molecule has 0 N–H and O–H groups in total. The molecule has 1 unspecified atom stereocenters. The molecule has 1 aliphatic carbocycles. The second-order valence-electron chi connectivity index (χ2n) is 7.62. The molecule has 0 aliphatic heterocycles. The van der Waals surface area contributed by atoms with Crippen molar-refractivity contribution in [1.82, 2.24) is 19.5 Å². The van der Waals surface area contributed by atoms with Crippen LogP contribution < -0.4 is 0 Å². The second-order valence-corrected chi connectivity index (χ2v) is 7.62. The van der Waals surface area contributed by atoms with Gasteiger partial charge in [0.2, 0.25) is 0 Å². The highest BCUT2D eigenvalue weighted by molar-refractivity contribution is 5.90. The van der Waals surface area contributed by atoms with Gasteiger partial charge in [-0.15, -0.1) is 0 Å². The lowest BCUT2D eigenvalue weighted by atomic mass is 10.0. The molecule has 0 amide bonds. The summed E-state index contributed by atoms with van der Waals surface area (Å²) in [4.78, 5) is 14.5. The molecule has 4 rings (SSSR count). The van der Waals surface area contributed by atoms with Gasteiger partial charge in [0.25, 0.3) is 0 Å². The van der Waals surface area contributed by atoms with Crippen molar-refractivity contribution in [3.05, 3.63) is 41.1 Å². The minimum atomic E-state index is 0.559. The average molecular weight is 348 g/mol. The third kappa shape index (κ3) is 2.72. The predicted octanol–water partition coefficient (Wildman–Crippen LogP) is 5.34. The Labute approximate surface area is 155 Å².